The van der Waals surface area contributed by atoms with Crippen LogP contribution in [-0.2, 0) is 9.84 Å². The number of phenolic OH excluding ortho intramolecular Hbond substituents is 1. The molecule has 0 fully saturated rings. The first-order chi connectivity index (χ1) is 13.0. The SMILES string of the molecule is Cc1ccc(N2c3ccccc3S(=O)(=O)c3c2oc2ccccc32)c(O)c1. The number of para-hydroxylation sites is 2. The van der Waals surface area contributed by atoms with Crippen LogP contribution in [0.5, 0.6) is 5.75 Å². The van der Waals surface area contributed by atoms with Crippen molar-refractivity contribution in [3.05, 3.63) is 72.3 Å². The van der Waals surface area contributed by atoms with Crippen molar-refractivity contribution < 1.29 is 17.9 Å². The van der Waals surface area contributed by atoms with Crippen LogP contribution >= 0.6 is 0 Å². The Morgan fingerprint density at radius 2 is 1.67 bits per heavy atom. The predicted octanol–water partition coefficient (Wildman–Crippen LogP) is 5.06. The van der Waals surface area contributed by atoms with Crippen LogP contribution in [0.2, 0.25) is 0 Å². The highest BCUT2D eigenvalue weighted by Crippen LogP contribution is 2.53. The summed E-state index contributed by atoms with van der Waals surface area (Å²) >= 11 is 0. The van der Waals surface area contributed by atoms with Crippen molar-refractivity contribution in [2.75, 3.05) is 4.90 Å². The zero-order valence-electron chi connectivity index (χ0n) is 14.4. The van der Waals surface area contributed by atoms with Crippen LogP contribution in [0.25, 0.3) is 11.0 Å². The Morgan fingerprint density at radius 3 is 2.48 bits per heavy atom. The van der Waals surface area contributed by atoms with E-state index in [-0.39, 0.29) is 21.4 Å². The number of benzene rings is 3. The minimum Gasteiger partial charge on any atom is -0.506 e. The molecule has 1 N–H and O–H groups in total. The molecule has 134 valence electrons. The largest absolute Gasteiger partial charge is 0.506 e. The van der Waals surface area contributed by atoms with Gasteiger partial charge >= 0.3 is 0 Å². The van der Waals surface area contributed by atoms with E-state index in [4.69, 9.17) is 4.42 Å². The van der Waals surface area contributed by atoms with E-state index in [1.54, 1.807) is 65.6 Å². The molecule has 5 rings (SSSR count). The lowest BCUT2D eigenvalue weighted by Crippen LogP contribution is -2.21. The van der Waals surface area contributed by atoms with Gasteiger partial charge in [0.25, 0.3) is 0 Å². The number of aromatic hydroxyl groups is 1. The molecule has 0 spiro atoms. The summed E-state index contributed by atoms with van der Waals surface area (Å²) < 4.78 is 32.6. The van der Waals surface area contributed by atoms with Crippen LogP contribution in [0, 0.1) is 6.92 Å². The standard InChI is InChI=1S/C21H15NO4S/c1-13-10-11-15(17(23)12-13)22-16-7-3-5-9-19(16)27(24,25)20-14-6-2-4-8-18(14)26-21(20)22/h2-12,23H,1H3. The topological polar surface area (TPSA) is 70.8 Å². The summed E-state index contributed by atoms with van der Waals surface area (Å²) in [5.41, 5.74) is 2.29. The second-order valence-electron chi connectivity index (χ2n) is 6.53. The van der Waals surface area contributed by atoms with Gasteiger partial charge < -0.3 is 9.52 Å². The van der Waals surface area contributed by atoms with E-state index >= 15 is 0 Å². The van der Waals surface area contributed by atoms with E-state index in [1.807, 2.05) is 13.0 Å². The van der Waals surface area contributed by atoms with Crippen molar-refractivity contribution >= 4 is 38.1 Å². The molecule has 0 saturated heterocycles. The van der Waals surface area contributed by atoms with Gasteiger partial charge in [0, 0.05) is 5.39 Å². The molecule has 5 nitrogen and oxygen atoms in total. The van der Waals surface area contributed by atoms with E-state index in [2.05, 4.69) is 0 Å². The number of phenols is 1. The Hall–Kier alpha value is -3.25. The molecular weight excluding hydrogens is 362 g/mol. The summed E-state index contributed by atoms with van der Waals surface area (Å²) in [6.07, 6.45) is 0. The highest BCUT2D eigenvalue weighted by atomic mass is 32.2. The van der Waals surface area contributed by atoms with Crippen molar-refractivity contribution in [1.82, 2.24) is 0 Å². The number of nitrogens with zero attached hydrogens (tertiary/aromatic N) is 1. The van der Waals surface area contributed by atoms with Crippen LogP contribution in [0.1, 0.15) is 5.56 Å². The maximum absolute atomic E-state index is 13.3. The smallest absolute Gasteiger partial charge is 0.225 e. The number of furan rings is 1. The minimum absolute atomic E-state index is 0.0514. The van der Waals surface area contributed by atoms with Crippen molar-refractivity contribution in [3.63, 3.8) is 0 Å². The zero-order valence-corrected chi connectivity index (χ0v) is 15.2. The third-order valence-corrected chi connectivity index (χ3v) is 6.63. The van der Waals surface area contributed by atoms with Gasteiger partial charge in [0.2, 0.25) is 15.7 Å². The number of aryl methyl sites for hydroxylation is 1. The molecule has 6 heteroatoms. The van der Waals surface area contributed by atoms with Crippen molar-refractivity contribution in [3.8, 4) is 5.75 Å². The quantitative estimate of drug-likeness (QED) is 0.442. The maximum atomic E-state index is 13.3. The van der Waals surface area contributed by atoms with Crippen LogP contribution in [0.4, 0.5) is 17.3 Å². The van der Waals surface area contributed by atoms with Gasteiger partial charge in [-0.05, 0) is 48.9 Å². The fraction of sp³-hybridized carbons (Fsp3) is 0.0476. The molecule has 0 bridgehead atoms. The monoisotopic (exact) mass is 377 g/mol. The molecule has 1 aliphatic rings. The number of hydrogen-bond donors (Lipinski definition) is 1. The second kappa shape index (κ2) is 5.37. The summed E-state index contributed by atoms with van der Waals surface area (Å²) in [7, 11) is -3.76. The van der Waals surface area contributed by atoms with Gasteiger partial charge in [-0.2, -0.15) is 0 Å². The second-order valence-corrected chi connectivity index (χ2v) is 8.39. The third kappa shape index (κ3) is 2.13. The fourth-order valence-electron chi connectivity index (χ4n) is 3.57. The number of fused-ring (bicyclic) bond motifs is 4. The Morgan fingerprint density at radius 1 is 0.926 bits per heavy atom. The molecule has 1 aromatic heterocycles. The summed E-state index contributed by atoms with van der Waals surface area (Å²) in [4.78, 5) is 1.97. The fourth-order valence-corrected chi connectivity index (χ4v) is 5.30. The van der Waals surface area contributed by atoms with Crippen LogP contribution < -0.4 is 4.90 Å². The first-order valence-corrected chi connectivity index (χ1v) is 9.92. The molecule has 0 saturated carbocycles. The van der Waals surface area contributed by atoms with Crippen molar-refractivity contribution in [1.29, 1.82) is 0 Å². The van der Waals surface area contributed by atoms with Gasteiger partial charge in [-0.25, -0.2) is 8.42 Å². The molecule has 2 heterocycles. The molecule has 3 aromatic carbocycles. The summed E-state index contributed by atoms with van der Waals surface area (Å²) in [6, 6.07) is 19.1. The number of sulfone groups is 1. The zero-order chi connectivity index (χ0) is 18.8. The summed E-state index contributed by atoms with van der Waals surface area (Å²) in [5.74, 6) is 0.240. The predicted molar refractivity (Wildman–Crippen MR) is 103 cm³/mol. The Bertz CT molecular complexity index is 1320. The van der Waals surface area contributed by atoms with Gasteiger partial charge in [-0.15, -0.1) is 0 Å². The van der Waals surface area contributed by atoms with Crippen LogP contribution in [0.15, 0.2) is 80.9 Å². The van der Waals surface area contributed by atoms with E-state index < -0.39 is 9.84 Å². The van der Waals surface area contributed by atoms with E-state index in [0.29, 0.717) is 22.3 Å². The van der Waals surface area contributed by atoms with Crippen molar-refractivity contribution in [2.24, 2.45) is 0 Å². The highest BCUT2D eigenvalue weighted by Gasteiger charge is 2.40. The average molecular weight is 377 g/mol. The lowest BCUT2D eigenvalue weighted by atomic mass is 10.1. The van der Waals surface area contributed by atoms with E-state index in [0.717, 1.165) is 5.56 Å². The molecule has 0 atom stereocenters. The van der Waals surface area contributed by atoms with Crippen LogP contribution in [-0.4, -0.2) is 13.5 Å². The number of hydrogen-bond acceptors (Lipinski definition) is 5. The number of anilines is 3. The third-order valence-electron chi connectivity index (χ3n) is 4.77. The lowest BCUT2D eigenvalue weighted by molar-refractivity contribution is 0.474. The lowest BCUT2D eigenvalue weighted by Gasteiger charge is -2.29. The normalized spacial score (nSPS) is 14.8. The Kier molecular flexibility index (Phi) is 3.18. The molecule has 0 radical (unpaired) electrons. The van der Waals surface area contributed by atoms with Gasteiger partial charge in [0.15, 0.2) is 0 Å². The summed E-state index contributed by atoms with van der Waals surface area (Å²) in [6.45, 7) is 1.88. The average Bonchev–Trinajstić information content (AvgIpc) is 3.04. The van der Waals surface area contributed by atoms with Gasteiger partial charge in [0.05, 0.1) is 16.3 Å². The number of rotatable bonds is 1. The molecule has 0 aliphatic carbocycles. The first-order valence-electron chi connectivity index (χ1n) is 8.44. The highest BCUT2D eigenvalue weighted by molar-refractivity contribution is 7.92. The molecule has 1 aliphatic heterocycles. The van der Waals surface area contributed by atoms with Gasteiger partial charge in [-0.3, -0.25) is 4.90 Å². The Labute approximate surface area is 156 Å². The van der Waals surface area contributed by atoms with E-state index in [1.165, 1.54) is 0 Å². The van der Waals surface area contributed by atoms with Gasteiger partial charge in [0.1, 0.15) is 16.2 Å². The Balaban J connectivity index is 1.93. The molecule has 0 unspecified atom stereocenters. The van der Waals surface area contributed by atoms with Crippen molar-refractivity contribution in [2.45, 2.75) is 16.7 Å². The first kappa shape index (κ1) is 16.0. The van der Waals surface area contributed by atoms with Crippen LogP contribution in [0.3, 0.4) is 0 Å². The molecular formula is C21H15NO4S. The van der Waals surface area contributed by atoms with Gasteiger partial charge in [-0.1, -0.05) is 30.3 Å². The van der Waals surface area contributed by atoms with E-state index in [9.17, 15) is 13.5 Å². The molecule has 0 amide bonds. The summed E-state index contributed by atoms with van der Waals surface area (Å²) in [5, 5.41) is 11.1. The molecule has 4 aromatic rings. The maximum Gasteiger partial charge on any atom is 0.225 e. The minimum atomic E-state index is -3.76. The molecule has 27 heavy (non-hydrogen) atoms.